The van der Waals surface area contributed by atoms with Crippen LogP contribution in [0, 0.1) is 5.82 Å². The summed E-state index contributed by atoms with van der Waals surface area (Å²) in [6.45, 7) is 2.03. The van der Waals surface area contributed by atoms with Gasteiger partial charge in [0.25, 0.3) is 0 Å². The molecule has 1 fully saturated rings. The maximum atomic E-state index is 13.3. The van der Waals surface area contributed by atoms with Gasteiger partial charge in [0.15, 0.2) is 0 Å². The number of nitrogens with zero attached hydrogens (tertiary/aromatic N) is 1. The van der Waals surface area contributed by atoms with Gasteiger partial charge >= 0.3 is 0 Å². The minimum absolute atomic E-state index is 0.0360. The van der Waals surface area contributed by atoms with Crippen molar-refractivity contribution in [2.45, 2.75) is 31.5 Å². The quantitative estimate of drug-likeness (QED) is 0.868. The Morgan fingerprint density at radius 2 is 2.26 bits per heavy atom. The summed E-state index contributed by atoms with van der Waals surface area (Å²) in [6, 6.07) is 4.40. The van der Waals surface area contributed by atoms with Crippen LogP contribution in [0.1, 0.15) is 18.4 Å². The van der Waals surface area contributed by atoms with Gasteiger partial charge in [0.05, 0.1) is 6.10 Å². The van der Waals surface area contributed by atoms with Crippen molar-refractivity contribution in [3.05, 3.63) is 29.6 Å². The van der Waals surface area contributed by atoms with Gasteiger partial charge in [-0.25, -0.2) is 4.39 Å². The standard InChI is InChI=1S/C14H21FN2O2/c1-19-14-2-3-17(12(7-14)8-16)9-10-4-11(15)6-13(18)5-10/h4-6,12,14,18H,2-3,7-9,16H2,1H3. The predicted octanol–water partition coefficient (Wildman–Crippen LogP) is 1.47. The Labute approximate surface area is 113 Å². The molecular formula is C14H21FN2O2. The zero-order valence-corrected chi connectivity index (χ0v) is 11.2. The van der Waals surface area contributed by atoms with E-state index in [1.165, 1.54) is 6.07 Å². The summed E-state index contributed by atoms with van der Waals surface area (Å²) in [6.07, 6.45) is 2.11. The number of halogens is 1. The molecule has 0 bridgehead atoms. The number of rotatable bonds is 4. The molecule has 3 N–H and O–H groups in total. The number of piperidine rings is 1. The molecule has 106 valence electrons. The van der Waals surface area contributed by atoms with Gasteiger partial charge in [-0.1, -0.05) is 0 Å². The van der Waals surface area contributed by atoms with E-state index < -0.39 is 5.82 Å². The summed E-state index contributed by atoms with van der Waals surface area (Å²) >= 11 is 0. The normalized spacial score (nSPS) is 24.6. The van der Waals surface area contributed by atoms with E-state index in [9.17, 15) is 9.50 Å². The Bertz CT molecular complexity index is 408. The molecular weight excluding hydrogens is 247 g/mol. The SMILES string of the molecule is COC1CCN(Cc2cc(O)cc(F)c2)C(CN)C1. The fourth-order valence-corrected chi connectivity index (χ4v) is 2.69. The molecule has 1 aromatic rings. The summed E-state index contributed by atoms with van der Waals surface area (Å²) in [5.74, 6) is -0.447. The van der Waals surface area contributed by atoms with Gasteiger partial charge in [-0.15, -0.1) is 0 Å². The molecule has 1 saturated heterocycles. The van der Waals surface area contributed by atoms with Crippen molar-refractivity contribution in [1.82, 2.24) is 4.90 Å². The van der Waals surface area contributed by atoms with E-state index in [1.54, 1.807) is 13.2 Å². The Kier molecular flexibility index (Phi) is 4.74. The summed E-state index contributed by atoms with van der Waals surface area (Å²) < 4.78 is 18.6. The molecule has 19 heavy (non-hydrogen) atoms. The minimum atomic E-state index is -0.411. The van der Waals surface area contributed by atoms with Crippen molar-refractivity contribution >= 4 is 0 Å². The van der Waals surface area contributed by atoms with Gasteiger partial charge in [0.2, 0.25) is 0 Å². The smallest absolute Gasteiger partial charge is 0.127 e. The first-order chi connectivity index (χ1) is 9.12. The number of aromatic hydroxyl groups is 1. The number of ether oxygens (including phenoxy) is 1. The van der Waals surface area contributed by atoms with Gasteiger partial charge in [-0.2, -0.15) is 0 Å². The number of phenols is 1. The van der Waals surface area contributed by atoms with Crippen molar-refractivity contribution in [3.8, 4) is 5.75 Å². The van der Waals surface area contributed by atoms with Crippen molar-refractivity contribution in [1.29, 1.82) is 0 Å². The third kappa shape index (κ3) is 3.65. The number of methoxy groups -OCH3 is 1. The third-order valence-electron chi connectivity index (χ3n) is 3.72. The van der Waals surface area contributed by atoms with Crippen LogP contribution in [0.2, 0.25) is 0 Å². The van der Waals surface area contributed by atoms with Gasteiger partial charge in [0.1, 0.15) is 11.6 Å². The monoisotopic (exact) mass is 268 g/mol. The van der Waals surface area contributed by atoms with E-state index in [-0.39, 0.29) is 17.9 Å². The number of phenolic OH excluding ortho intramolecular Hbond substituents is 1. The highest BCUT2D eigenvalue weighted by atomic mass is 19.1. The summed E-state index contributed by atoms with van der Waals surface area (Å²) in [4.78, 5) is 2.23. The lowest BCUT2D eigenvalue weighted by Crippen LogP contribution is -2.47. The van der Waals surface area contributed by atoms with Crippen LogP contribution in [0.5, 0.6) is 5.75 Å². The van der Waals surface area contributed by atoms with Gasteiger partial charge in [-0.05, 0) is 30.5 Å². The van der Waals surface area contributed by atoms with Gasteiger partial charge < -0.3 is 15.6 Å². The fraction of sp³-hybridized carbons (Fsp3) is 0.571. The van der Waals surface area contributed by atoms with Gasteiger partial charge in [0, 0.05) is 38.9 Å². The largest absolute Gasteiger partial charge is 0.508 e. The van der Waals surface area contributed by atoms with Crippen molar-refractivity contribution in [2.75, 3.05) is 20.2 Å². The molecule has 0 aliphatic carbocycles. The maximum Gasteiger partial charge on any atom is 0.127 e. The van der Waals surface area contributed by atoms with Crippen molar-refractivity contribution in [2.24, 2.45) is 5.73 Å². The fourth-order valence-electron chi connectivity index (χ4n) is 2.69. The number of hydrogen-bond acceptors (Lipinski definition) is 4. The third-order valence-corrected chi connectivity index (χ3v) is 3.72. The summed E-state index contributed by atoms with van der Waals surface area (Å²) in [7, 11) is 1.72. The number of benzene rings is 1. The number of likely N-dealkylation sites (tertiary alicyclic amines) is 1. The zero-order chi connectivity index (χ0) is 13.8. The van der Waals surface area contributed by atoms with E-state index >= 15 is 0 Å². The first kappa shape index (κ1) is 14.2. The Morgan fingerprint density at radius 3 is 2.89 bits per heavy atom. The summed E-state index contributed by atoms with van der Waals surface area (Å²) in [5, 5.41) is 9.42. The highest BCUT2D eigenvalue weighted by molar-refractivity contribution is 5.28. The van der Waals surface area contributed by atoms with Crippen LogP contribution in [0.15, 0.2) is 18.2 Å². The van der Waals surface area contributed by atoms with Crippen molar-refractivity contribution < 1.29 is 14.2 Å². The molecule has 1 aliphatic heterocycles. The van der Waals surface area contributed by atoms with E-state index in [4.69, 9.17) is 10.5 Å². The van der Waals surface area contributed by atoms with Gasteiger partial charge in [-0.3, -0.25) is 4.90 Å². The molecule has 1 heterocycles. The minimum Gasteiger partial charge on any atom is -0.508 e. The predicted molar refractivity (Wildman–Crippen MR) is 71.3 cm³/mol. The lowest BCUT2D eigenvalue weighted by Gasteiger charge is -2.38. The van der Waals surface area contributed by atoms with E-state index in [1.807, 2.05) is 0 Å². The molecule has 4 nitrogen and oxygen atoms in total. The lowest BCUT2D eigenvalue weighted by atomic mass is 9.98. The molecule has 1 aromatic carbocycles. The number of nitrogens with two attached hydrogens (primary N) is 1. The molecule has 0 spiro atoms. The average molecular weight is 268 g/mol. The Hall–Kier alpha value is -1.17. The molecule has 0 radical (unpaired) electrons. The van der Waals surface area contributed by atoms with Crippen LogP contribution < -0.4 is 5.73 Å². The molecule has 2 unspecified atom stereocenters. The first-order valence-electron chi connectivity index (χ1n) is 6.57. The van der Waals surface area contributed by atoms with E-state index in [0.29, 0.717) is 13.1 Å². The van der Waals surface area contributed by atoms with Crippen LogP contribution in [0.25, 0.3) is 0 Å². The maximum absolute atomic E-state index is 13.3. The molecule has 0 saturated carbocycles. The van der Waals surface area contributed by atoms with Crippen LogP contribution in [-0.4, -0.2) is 42.4 Å². The van der Waals surface area contributed by atoms with Crippen LogP contribution >= 0.6 is 0 Å². The highest BCUT2D eigenvalue weighted by Gasteiger charge is 2.27. The summed E-state index contributed by atoms with van der Waals surface area (Å²) in [5.41, 5.74) is 6.57. The molecule has 1 aliphatic rings. The Balaban J connectivity index is 2.05. The lowest BCUT2D eigenvalue weighted by molar-refractivity contribution is 0.0102. The second-order valence-electron chi connectivity index (χ2n) is 5.06. The second kappa shape index (κ2) is 6.32. The highest BCUT2D eigenvalue weighted by Crippen LogP contribution is 2.23. The number of hydrogen-bond donors (Lipinski definition) is 2. The molecule has 2 rings (SSSR count). The zero-order valence-electron chi connectivity index (χ0n) is 11.2. The van der Waals surface area contributed by atoms with Crippen LogP contribution in [-0.2, 0) is 11.3 Å². The molecule has 0 amide bonds. The van der Waals surface area contributed by atoms with E-state index in [2.05, 4.69) is 4.90 Å². The topological polar surface area (TPSA) is 58.7 Å². The Morgan fingerprint density at radius 1 is 1.47 bits per heavy atom. The van der Waals surface area contributed by atoms with Crippen LogP contribution in [0.3, 0.4) is 0 Å². The first-order valence-corrected chi connectivity index (χ1v) is 6.57. The molecule has 0 aromatic heterocycles. The van der Waals surface area contributed by atoms with E-state index in [0.717, 1.165) is 31.0 Å². The molecule has 2 atom stereocenters. The van der Waals surface area contributed by atoms with Crippen LogP contribution in [0.4, 0.5) is 4.39 Å². The average Bonchev–Trinajstić information content (AvgIpc) is 2.38. The van der Waals surface area contributed by atoms with Crippen molar-refractivity contribution in [3.63, 3.8) is 0 Å². The second-order valence-corrected chi connectivity index (χ2v) is 5.06. The molecule has 5 heteroatoms.